The number of carbonyl (C=O) groups is 2. The predicted octanol–water partition coefficient (Wildman–Crippen LogP) is 1.84. The molecule has 6 atom stereocenters. The Kier molecular flexibility index (Phi) is 6.11. The molecule has 0 spiro atoms. The van der Waals surface area contributed by atoms with Crippen molar-refractivity contribution >= 4 is 12.1 Å². The van der Waals surface area contributed by atoms with E-state index in [0.29, 0.717) is 0 Å². The van der Waals surface area contributed by atoms with E-state index in [1.54, 1.807) is 48.5 Å². The van der Waals surface area contributed by atoms with E-state index in [0.717, 1.165) is 0 Å². The monoisotopic (exact) mass is 431 g/mol. The summed E-state index contributed by atoms with van der Waals surface area (Å²) in [7, 11) is 1.28. The highest BCUT2D eigenvalue weighted by atomic mass is 16.9. The summed E-state index contributed by atoms with van der Waals surface area (Å²) in [5.41, 5.74) is -0.706. The van der Waals surface area contributed by atoms with Gasteiger partial charge in [-0.3, -0.25) is 4.79 Å². The Morgan fingerprint density at radius 2 is 1.53 bits per heavy atom. The molecule has 0 aromatic rings. The summed E-state index contributed by atoms with van der Waals surface area (Å²) in [6.45, 7) is 12.4. The first-order valence-electron chi connectivity index (χ1n) is 10.1. The van der Waals surface area contributed by atoms with Crippen LogP contribution in [0.2, 0.25) is 0 Å². The fraction of sp³-hybridized carbons (Fsp3) is 0.900. The highest BCUT2D eigenvalue weighted by molar-refractivity contribution is 5.73. The van der Waals surface area contributed by atoms with Gasteiger partial charge in [-0.25, -0.2) is 4.79 Å². The molecule has 1 N–H and O–H groups in total. The van der Waals surface area contributed by atoms with Crippen molar-refractivity contribution in [3.8, 4) is 0 Å². The molecular weight excluding hydrogens is 398 g/mol. The van der Waals surface area contributed by atoms with E-state index in [4.69, 9.17) is 33.2 Å². The molecule has 0 aliphatic carbocycles. The minimum atomic E-state index is -0.899. The molecule has 0 aromatic carbocycles. The number of carbonyl (C=O) groups excluding carboxylic acids is 2. The van der Waals surface area contributed by atoms with Crippen LogP contribution in [0.25, 0.3) is 0 Å². The number of alkyl carbamates (subject to hydrolysis) is 1. The van der Waals surface area contributed by atoms with Gasteiger partial charge in [0.2, 0.25) is 0 Å². The summed E-state index contributed by atoms with van der Waals surface area (Å²) < 4.78 is 40.4. The van der Waals surface area contributed by atoms with Crippen LogP contribution in [0.4, 0.5) is 4.79 Å². The molecule has 1 amide bonds. The summed E-state index contributed by atoms with van der Waals surface area (Å²) in [5, 5.41) is 2.73. The number of nitrogens with one attached hydrogen (secondary N) is 1. The third kappa shape index (κ3) is 5.23. The molecule has 0 bridgehead atoms. The van der Waals surface area contributed by atoms with Gasteiger partial charge in [-0.2, -0.15) is 0 Å². The minimum absolute atomic E-state index is 0.144. The summed E-state index contributed by atoms with van der Waals surface area (Å²) in [4.78, 5) is 24.5. The fourth-order valence-electron chi connectivity index (χ4n) is 3.94. The first-order chi connectivity index (χ1) is 13.7. The summed E-state index contributed by atoms with van der Waals surface area (Å²) in [6, 6.07) is -0.800. The van der Waals surface area contributed by atoms with Crippen LogP contribution in [0.3, 0.4) is 0 Å². The number of ether oxygens (including phenoxy) is 7. The van der Waals surface area contributed by atoms with Crippen molar-refractivity contribution < 1.29 is 42.7 Å². The number of methoxy groups -OCH3 is 1. The average Bonchev–Trinajstić information content (AvgIpc) is 3.05. The van der Waals surface area contributed by atoms with Crippen molar-refractivity contribution in [1.29, 1.82) is 0 Å². The number of amides is 1. The van der Waals surface area contributed by atoms with E-state index in [1.807, 2.05) is 0 Å². The summed E-state index contributed by atoms with van der Waals surface area (Å²) in [6.07, 6.45) is -3.96. The van der Waals surface area contributed by atoms with E-state index in [-0.39, 0.29) is 6.42 Å². The molecule has 3 aliphatic heterocycles. The molecule has 10 nitrogen and oxygen atoms in total. The Bertz CT molecular complexity index is 672. The number of hydrogen-bond donors (Lipinski definition) is 1. The second kappa shape index (κ2) is 7.90. The van der Waals surface area contributed by atoms with Gasteiger partial charge in [0.15, 0.2) is 17.9 Å². The number of esters is 1. The molecule has 0 radical (unpaired) electrons. The Morgan fingerprint density at radius 1 is 0.967 bits per heavy atom. The van der Waals surface area contributed by atoms with Crippen molar-refractivity contribution in [1.82, 2.24) is 5.32 Å². The molecular formula is C20H33NO9. The van der Waals surface area contributed by atoms with Gasteiger partial charge in [0.25, 0.3) is 0 Å². The van der Waals surface area contributed by atoms with Crippen LogP contribution in [0.5, 0.6) is 0 Å². The van der Waals surface area contributed by atoms with E-state index in [2.05, 4.69) is 5.32 Å². The topological polar surface area (TPSA) is 111 Å². The third-order valence-electron chi connectivity index (χ3n) is 4.90. The maximum Gasteiger partial charge on any atom is 0.407 e. The van der Waals surface area contributed by atoms with Gasteiger partial charge in [0.05, 0.1) is 19.6 Å². The highest BCUT2D eigenvalue weighted by Crippen LogP contribution is 2.45. The van der Waals surface area contributed by atoms with E-state index >= 15 is 0 Å². The van der Waals surface area contributed by atoms with Gasteiger partial charge in [0, 0.05) is 0 Å². The van der Waals surface area contributed by atoms with Crippen LogP contribution >= 0.6 is 0 Å². The zero-order valence-corrected chi connectivity index (χ0v) is 18.8. The second-order valence-electron chi connectivity index (χ2n) is 9.67. The average molecular weight is 431 g/mol. The van der Waals surface area contributed by atoms with E-state index in [9.17, 15) is 9.59 Å². The standard InChI is InChI=1S/C20H33NO9/c1-18(2,3)30-17(23)21-10(9-11(22)24-8)12-13-14(27-19(4,5)26-13)15-16(25-12)29-20(6,7)28-15/h10,12-16H,9H2,1-8H3,(H,21,23)/t10-,12-,13+,14+,15-,16-/m1/s1. The van der Waals surface area contributed by atoms with Crippen LogP contribution in [0.1, 0.15) is 54.9 Å². The SMILES string of the molecule is COC(=O)C[C@@H](NC(=O)OC(C)(C)C)[C@H]1O[C@@H]2OC(C)(C)O[C@@H]2[C@H]2OC(C)(C)O[C@H]21. The minimum Gasteiger partial charge on any atom is -0.469 e. The lowest BCUT2D eigenvalue weighted by Gasteiger charge is -2.40. The molecule has 30 heavy (non-hydrogen) atoms. The van der Waals surface area contributed by atoms with Crippen LogP contribution in [-0.4, -0.2) is 73.1 Å². The van der Waals surface area contributed by atoms with Crippen molar-refractivity contribution in [3.05, 3.63) is 0 Å². The van der Waals surface area contributed by atoms with Crippen molar-refractivity contribution in [2.45, 2.75) is 109 Å². The molecule has 0 saturated carbocycles. The highest BCUT2D eigenvalue weighted by Gasteiger charge is 2.62. The Morgan fingerprint density at radius 3 is 2.13 bits per heavy atom. The van der Waals surface area contributed by atoms with Crippen LogP contribution < -0.4 is 5.32 Å². The summed E-state index contributed by atoms with van der Waals surface area (Å²) in [5.74, 6) is -2.29. The Hall–Kier alpha value is -1.46. The molecule has 10 heteroatoms. The maximum atomic E-state index is 12.5. The Balaban J connectivity index is 1.87. The van der Waals surface area contributed by atoms with Gasteiger partial charge in [-0.05, 0) is 48.5 Å². The maximum absolute atomic E-state index is 12.5. The fourth-order valence-corrected chi connectivity index (χ4v) is 3.94. The molecule has 0 unspecified atom stereocenters. The van der Waals surface area contributed by atoms with Crippen LogP contribution in [-0.2, 0) is 38.0 Å². The zero-order valence-electron chi connectivity index (χ0n) is 18.8. The lowest BCUT2D eigenvalue weighted by molar-refractivity contribution is -0.240. The first-order valence-corrected chi connectivity index (χ1v) is 10.1. The van der Waals surface area contributed by atoms with Gasteiger partial charge < -0.3 is 38.5 Å². The van der Waals surface area contributed by atoms with Gasteiger partial charge >= 0.3 is 12.1 Å². The van der Waals surface area contributed by atoms with Crippen molar-refractivity contribution in [2.24, 2.45) is 0 Å². The quantitative estimate of drug-likeness (QED) is 0.667. The molecule has 0 aromatic heterocycles. The predicted molar refractivity (Wildman–Crippen MR) is 102 cm³/mol. The Labute approximate surface area is 176 Å². The largest absolute Gasteiger partial charge is 0.469 e. The first kappa shape index (κ1) is 23.2. The van der Waals surface area contributed by atoms with E-state index < -0.39 is 66.0 Å². The third-order valence-corrected chi connectivity index (χ3v) is 4.90. The van der Waals surface area contributed by atoms with Crippen molar-refractivity contribution in [2.75, 3.05) is 7.11 Å². The zero-order chi connectivity index (χ0) is 22.5. The van der Waals surface area contributed by atoms with Crippen molar-refractivity contribution in [3.63, 3.8) is 0 Å². The smallest absolute Gasteiger partial charge is 0.407 e. The number of hydrogen-bond acceptors (Lipinski definition) is 9. The second-order valence-corrected chi connectivity index (χ2v) is 9.67. The number of rotatable bonds is 4. The van der Waals surface area contributed by atoms with Gasteiger partial charge in [-0.1, -0.05) is 0 Å². The molecule has 3 heterocycles. The lowest BCUT2D eigenvalue weighted by atomic mass is 9.92. The van der Waals surface area contributed by atoms with Gasteiger partial charge in [0.1, 0.15) is 30.0 Å². The van der Waals surface area contributed by atoms with Crippen LogP contribution in [0, 0.1) is 0 Å². The number of fused-ring (bicyclic) bond motifs is 3. The molecule has 172 valence electrons. The van der Waals surface area contributed by atoms with Crippen LogP contribution in [0.15, 0.2) is 0 Å². The molecule has 3 fully saturated rings. The van der Waals surface area contributed by atoms with E-state index in [1.165, 1.54) is 7.11 Å². The normalized spacial score (nSPS) is 35.1. The molecule has 3 saturated heterocycles. The molecule has 3 aliphatic rings. The summed E-state index contributed by atoms with van der Waals surface area (Å²) >= 11 is 0. The lowest BCUT2D eigenvalue weighted by Crippen LogP contribution is -2.62. The molecule has 3 rings (SSSR count). The van der Waals surface area contributed by atoms with Gasteiger partial charge in [-0.15, -0.1) is 0 Å².